The third-order valence-electron chi connectivity index (χ3n) is 5.18. The van der Waals surface area contributed by atoms with Crippen molar-refractivity contribution in [3.63, 3.8) is 0 Å². The van der Waals surface area contributed by atoms with Gasteiger partial charge in [-0.25, -0.2) is 4.79 Å². The molecule has 0 amide bonds. The van der Waals surface area contributed by atoms with Crippen LogP contribution in [0.5, 0.6) is 11.5 Å². The molecule has 1 aliphatic heterocycles. The van der Waals surface area contributed by atoms with Crippen molar-refractivity contribution in [2.45, 2.75) is 12.5 Å². The van der Waals surface area contributed by atoms with E-state index in [0.29, 0.717) is 26.3 Å². The lowest BCUT2D eigenvalue weighted by Crippen LogP contribution is -2.35. The van der Waals surface area contributed by atoms with Gasteiger partial charge in [0.2, 0.25) is 0 Å². The minimum atomic E-state index is -2.44. The van der Waals surface area contributed by atoms with Gasteiger partial charge in [0, 0.05) is 18.8 Å². The normalized spacial score (nSPS) is 15.8. The zero-order valence-corrected chi connectivity index (χ0v) is 22.6. The molecule has 0 saturated carbocycles. The van der Waals surface area contributed by atoms with Crippen LogP contribution in [0.4, 0.5) is 5.69 Å². The molecule has 1 heterocycles. The van der Waals surface area contributed by atoms with Crippen LogP contribution in [0.2, 0.25) is 0 Å². The van der Waals surface area contributed by atoms with E-state index < -0.39 is 46.6 Å². The van der Waals surface area contributed by atoms with Crippen LogP contribution in [0.15, 0.2) is 42.5 Å². The molecule has 0 spiro atoms. The highest BCUT2D eigenvalue weighted by molar-refractivity contribution is 8.56. The van der Waals surface area contributed by atoms with Crippen molar-refractivity contribution in [3.05, 3.63) is 68.3 Å². The lowest BCUT2D eigenvalue weighted by molar-refractivity contribution is -0.789. The van der Waals surface area contributed by atoms with Crippen molar-refractivity contribution < 1.29 is 43.6 Å². The molecule has 2 atom stereocenters. The van der Waals surface area contributed by atoms with Gasteiger partial charge >= 0.3 is 11.9 Å². The van der Waals surface area contributed by atoms with Crippen molar-refractivity contribution in [3.8, 4) is 11.5 Å². The molecule has 18 heteroatoms. The van der Waals surface area contributed by atoms with Gasteiger partial charge in [0.15, 0.2) is 0 Å². The van der Waals surface area contributed by atoms with Crippen LogP contribution < -0.4 is 20.5 Å². The Balaban J connectivity index is 1.70. The highest BCUT2D eigenvalue weighted by Crippen LogP contribution is 2.46. The highest BCUT2D eigenvalue weighted by Gasteiger charge is 2.24. The molecule has 2 aromatic rings. The lowest BCUT2D eigenvalue weighted by atomic mass is 10.1. The summed E-state index contributed by atoms with van der Waals surface area (Å²) in [7, 11) is 0. The number of hydrogen-bond acceptors (Lipinski definition) is 14. The second-order valence-corrected chi connectivity index (χ2v) is 13.9. The summed E-state index contributed by atoms with van der Waals surface area (Å²) in [5.41, 5.74) is 5.71. The summed E-state index contributed by atoms with van der Waals surface area (Å²) in [5, 5.41) is 16.9. The molecule has 1 aliphatic rings. The van der Waals surface area contributed by atoms with Gasteiger partial charge in [0.1, 0.15) is 29.8 Å². The van der Waals surface area contributed by atoms with Gasteiger partial charge in [-0.05, 0) is 35.6 Å². The van der Waals surface area contributed by atoms with E-state index in [1.165, 1.54) is 30.3 Å². The Labute approximate surface area is 231 Å². The first-order valence-corrected chi connectivity index (χ1v) is 14.9. The Morgan fingerprint density at radius 1 is 1.10 bits per heavy atom. The molecule has 39 heavy (non-hydrogen) atoms. The van der Waals surface area contributed by atoms with Gasteiger partial charge in [0.25, 0.3) is 10.2 Å². The average Bonchev–Trinajstić information content (AvgIpc) is 2.88. The van der Waals surface area contributed by atoms with E-state index in [-0.39, 0.29) is 22.7 Å². The van der Waals surface area contributed by atoms with E-state index in [0.717, 1.165) is 5.30 Å². The smallest absolute Gasteiger partial charge is 0.347 e. The first-order valence-electron chi connectivity index (χ1n) is 11.1. The molecule has 0 bridgehead atoms. The third-order valence-corrected chi connectivity index (χ3v) is 9.92. The van der Waals surface area contributed by atoms with E-state index in [1.54, 1.807) is 12.1 Å². The molecule has 2 aromatic carbocycles. The van der Waals surface area contributed by atoms with Crippen LogP contribution in [-0.4, -0.2) is 65.8 Å². The van der Waals surface area contributed by atoms with Crippen LogP contribution in [0.25, 0.3) is 0 Å². The molecule has 210 valence electrons. The van der Waals surface area contributed by atoms with Crippen molar-refractivity contribution >= 4 is 52.4 Å². The summed E-state index contributed by atoms with van der Waals surface area (Å²) in [6, 6.07) is 10.2. The van der Waals surface area contributed by atoms with Crippen molar-refractivity contribution in [1.29, 1.82) is 0 Å². The monoisotopic (exact) mass is 601 g/mol. The zero-order valence-electron chi connectivity index (χ0n) is 20.0. The van der Waals surface area contributed by atoms with Crippen molar-refractivity contribution in [2.75, 3.05) is 38.6 Å². The second kappa shape index (κ2) is 13.5. The number of nitrogens with zero attached hydrogens (tertiary/aromatic N) is 3. The number of esters is 2. The number of carbonyl (C=O) groups is 2. The third kappa shape index (κ3) is 8.76. The van der Waals surface area contributed by atoms with Gasteiger partial charge in [-0.3, -0.25) is 9.46 Å². The van der Waals surface area contributed by atoms with E-state index in [2.05, 4.69) is 9.68 Å². The van der Waals surface area contributed by atoms with Gasteiger partial charge in [-0.15, -0.1) is 32.0 Å². The Morgan fingerprint density at radius 2 is 1.77 bits per heavy atom. The van der Waals surface area contributed by atoms with Gasteiger partial charge in [-0.1, -0.05) is 17.5 Å². The number of ether oxygens (including phenoxy) is 3. The molecule has 3 rings (SSSR count). The maximum absolute atomic E-state index is 12.9. The molecule has 0 aromatic heterocycles. The predicted molar refractivity (Wildman–Crippen MR) is 141 cm³/mol. The number of morpholine rings is 1. The molecule has 0 radical (unpaired) electrons. The fourth-order valence-corrected chi connectivity index (χ4v) is 6.64. The standard InChI is InChI=1S/C21H23N4O11PS2/c22-14-1-6-19(35-20(26)12-16(36-25(30)31)13-33-24(28)29)18(11-14)21(27)34-15-2-4-17(5-3-15)37(38,39)23-7-9-32-10-8-23/h1-6,11,16H,7-10,12-13,22H2,(H,38,39)/p-1. The molecule has 15 nitrogen and oxygen atoms in total. The summed E-state index contributed by atoms with van der Waals surface area (Å²) in [4.78, 5) is 54.5. The summed E-state index contributed by atoms with van der Waals surface area (Å²) in [5.74, 6) is -2.12. The van der Waals surface area contributed by atoms with Crippen molar-refractivity contribution in [2.24, 2.45) is 0 Å². The average molecular weight is 602 g/mol. The molecular weight excluding hydrogens is 579 g/mol. The number of nitrogen functional groups attached to an aromatic ring is 1. The van der Waals surface area contributed by atoms with Crippen LogP contribution in [0.1, 0.15) is 16.8 Å². The Hall–Kier alpha value is -3.50. The number of hydrogen-bond donors (Lipinski definition) is 1. The number of rotatable bonds is 12. The molecule has 2 N–H and O–H groups in total. The largest absolute Gasteiger partial charge is 0.727 e. The zero-order chi connectivity index (χ0) is 28.6. The Bertz CT molecular complexity index is 1280. The molecule has 0 aliphatic carbocycles. The van der Waals surface area contributed by atoms with Gasteiger partial charge in [-0.2, -0.15) is 0 Å². The van der Waals surface area contributed by atoms with Crippen LogP contribution in [0, 0.1) is 20.2 Å². The fraction of sp³-hybridized carbons (Fsp3) is 0.333. The predicted octanol–water partition coefficient (Wildman–Crippen LogP) is 1.38. The number of benzene rings is 2. The number of carbonyl (C=O) groups excluding carboxylic acids is 2. The van der Waals surface area contributed by atoms with E-state index in [9.17, 15) is 29.8 Å². The SMILES string of the molecule is Nc1ccc(OC(=O)CC(CO[N+](=O)[O-])O[N+](=O)[O-])c(C(=O)Oc2ccc(P(=S)([S-])N3CCOCC3)cc2)c1. The fourth-order valence-electron chi connectivity index (χ4n) is 3.38. The summed E-state index contributed by atoms with van der Waals surface area (Å²) in [6.45, 7) is 1.47. The van der Waals surface area contributed by atoms with E-state index in [1.807, 2.05) is 4.67 Å². The van der Waals surface area contributed by atoms with Crippen LogP contribution in [0.3, 0.4) is 0 Å². The minimum absolute atomic E-state index is 0.156. The molecular formula is C21H22N4O11PS2-. The van der Waals surface area contributed by atoms with E-state index in [4.69, 9.17) is 44.0 Å². The van der Waals surface area contributed by atoms with Gasteiger partial charge < -0.3 is 41.9 Å². The molecule has 1 saturated heterocycles. The molecule has 2 unspecified atom stereocenters. The Morgan fingerprint density at radius 3 is 2.38 bits per heavy atom. The summed E-state index contributed by atoms with van der Waals surface area (Å²) < 4.78 is 17.9. The Kier molecular flexibility index (Phi) is 10.4. The van der Waals surface area contributed by atoms with Gasteiger partial charge in [0.05, 0.1) is 19.6 Å². The lowest BCUT2D eigenvalue weighted by Gasteiger charge is -2.43. The maximum Gasteiger partial charge on any atom is 0.347 e. The number of nitrogens with two attached hydrogens (primary N) is 1. The first-order chi connectivity index (χ1) is 18.5. The molecule has 1 fully saturated rings. The first kappa shape index (κ1) is 30.0. The quantitative estimate of drug-likeness (QED) is 0.0696. The highest BCUT2D eigenvalue weighted by atomic mass is 32.9. The van der Waals surface area contributed by atoms with Crippen molar-refractivity contribution in [1.82, 2.24) is 4.67 Å². The minimum Gasteiger partial charge on any atom is -0.727 e. The topological polar surface area (TPSA) is 196 Å². The maximum atomic E-state index is 12.9. The summed E-state index contributed by atoms with van der Waals surface area (Å²) >= 11 is 11.5. The second-order valence-electron chi connectivity index (χ2n) is 7.87. The van der Waals surface area contributed by atoms with Crippen LogP contribution in [-0.2, 0) is 43.3 Å². The van der Waals surface area contributed by atoms with E-state index >= 15 is 0 Å². The number of anilines is 1. The summed E-state index contributed by atoms with van der Waals surface area (Å²) in [6.07, 6.45) is -2.44. The van der Waals surface area contributed by atoms with Crippen LogP contribution >= 0.6 is 5.39 Å².